The van der Waals surface area contributed by atoms with E-state index in [4.69, 9.17) is 9.47 Å². The zero-order valence-corrected chi connectivity index (χ0v) is 12.0. The monoisotopic (exact) mass is 283 g/mol. The third-order valence-electron chi connectivity index (χ3n) is 3.61. The molecule has 1 aromatic carbocycles. The van der Waals surface area contributed by atoms with Crippen molar-refractivity contribution in [3.63, 3.8) is 0 Å². The minimum Gasteiger partial charge on any atom is -0.490 e. The Bertz CT molecular complexity index is 440. The third kappa shape index (κ3) is 3.29. The molecule has 1 aliphatic rings. The van der Waals surface area contributed by atoms with Crippen molar-refractivity contribution in [1.29, 1.82) is 0 Å². The van der Waals surface area contributed by atoms with Crippen molar-refractivity contribution in [1.82, 2.24) is 0 Å². The summed E-state index contributed by atoms with van der Waals surface area (Å²) in [7, 11) is 0. The van der Waals surface area contributed by atoms with Crippen molar-refractivity contribution in [3.05, 3.63) is 35.2 Å². The summed E-state index contributed by atoms with van der Waals surface area (Å²) in [6, 6.07) is 3.09. The van der Waals surface area contributed by atoms with E-state index in [2.05, 4.69) is 6.92 Å². The highest BCUT2D eigenvalue weighted by Crippen LogP contribution is 2.33. The molecule has 111 valence electrons. The Hall–Kier alpha value is -1.16. The molecule has 2 nitrogen and oxygen atoms in total. The number of rotatable bonds is 5. The smallest absolute Gasteiger partial charge is 0.200 e. The maximum absolute atomic E-state index is 14.1. The molecule has 0 spiro atoms. The van der Waals surface area contributed by atoms with Gasteiger partial charge in [0, 0.05) is 11.5 Å². The van der Waals surface area contributed by atoms with Gasteiger partial charge in [-0.2, -0.15) is 4.39 Å². The molecule has 1 saturated heterocycles. The molecule has 1 radical (unpaired) electrons. The minimum absolute atomic E-state index is 0.0168. The first-order chi connectivity index (χ1) is 9.67. The molecule has 4 heteroatoms. The lowest BCUT2D eigenvalue weighted by Gasteiger charge is -2.28. The standard InChI is InChI=1S/C16H21F2O2/c1-3-9-19-14-8-7-13(15(17)16(14)18)11-5-6-12(4-2)20-10-11/h7-8,12H,3-6,9-10H2,1-2H3. The van der Waals surface area contributed by atoms with E-state index in [1.54, 1.807) is 6.07 Å². The van der Waals surface area contributed by atoms with Crippen molar-refractivity contribution in [2.45, 2.75) is 45.6 Å². The van der Waals surface area contributed by atoms with Crippen LogP contribution in [0.1, 0.15) is 45.1 Å². The highest BCUT2D eigenvalue weighted by atomic mass is 19.2. The first-order valence-corrected chi connectivity index (χ1v) is 7.24. The van der Waals surface area contributed by atoms with Crippen LogP contribution in [0.4, 0.5) is 8.78 Å². The van der Waals surface area contributed by atoms with Crippen molar-refractivity contribution in [2.75, 3.05) is 13.2 Å². The van der Waals surface area contributed by atoms with Gasteiger partial charge in [0.1, 0.15) is 0 Å². The number of hydrogen-bond donors (Lipinski definition) is 0. The Morgan fingerprint density at radius 2 is 2.05 bits per heavy atom. The van der Waals surface area contributed by atoms with E-state index >= 15 is 0 Å². The van der Waals surface area contributed by atoms with Crippen LogP contribution in [0.5, 0.6) is 5.75 Å². The predicted molar refractivity (Wildman–Crippen MR) is 73.8 cm³/mol. The first kappa shape index (κ1) is 15.2. The summed E-state index contributed by atoms with van der Waals surface area (Å²) in [5, 5.41) is 0. The fraction of sp³-hybridized carbons (Fsp3) is 0.562. The molecule has 0 aliphatic carbocycles. The van der Waals surface area contributed by atoms with Crippen molar-refractivity contribution in [3.8, 4) is 5.75 Å². The highest BCUT2D eigenvalue weighted by molar-refractivity contribution is 5.39. The van der Waals surface area contributed by atoms with Gasteiger partial charge in [0.15, 0.2) is 11.6 Å². The molecule has 1 fully saturated rings. The second kappa shape index (κ2) is 7.02. The van der Waals surface area contributed by atoms with Gasteiger partial charge in [-0.1, -0.05) is 19.9 Å². The average Bonchev–Trinajstić information content (AvgIpc) is 2.49. The molecule has 2 rings (SSSR count). The maximum Gasteiger partial charge on any atom is 0.200 e. The van der Waals surface area contributed by atoms with Crippen LogP contribution < -0.4 is 4.74 Å². The molecule has 0 N–H and O–H groups in total. The van der Waals surface area contributed by atoms with Gasteiger partial charge in [-0.15, -0.1) is 0 Å². The fourth-order valence-corrected chi connectivity index (χ4v) is 2.37. The van der Waals surface area contributed by atoms with Crippen molar-refractivity contribution < 1.29 is 18.3 Å². The van der Waals surface area contributed by atoms with E-state index in [9.17, 15) is 8.78 Å². The molecule has 0 amide bonds. The van der Waals surface area contributed by atoms with Crippen LogP contribution in [0, 0.1) is 17.6 Å². The van der Waals surface area contributed by atoms with Gasteiger partial charge in [0.2, 0.25) is 5.82 Å². The van der Waals surface area contributed by atoms with Gasteiger partial charge in [-0.25, -0.2) is 4.39 Å². The summed E-state index contributed by atoms with van der Waals surface area (Å²) in [5.74, 6) is -0.918. The molecular formula is C16H21F2O2. The molecule has 0 aromatic heterocycles. The van der Waals surface area contributed by atoms with Gasteiger partial charge in [-0.05, 0) is 31.7 Å². The molecule has 0 bridgehead atoms. The Morgan fingerprint density at radius 1 is 1.25 bits per heavy atom. The Balaban J connectivity index is 2.11. The quantitative estimate of drug-likeness (QED) is 0.803. The molecule has 1 atom stereocenters. The van der Waals surface area contributed by atoms with Gasteiger partial charge in [0.05, 0.1) is 19.3 Å². The first-order valence-electron chi connectivity index (χ1n) is 7.24. The normalized spacial score (nSPS) is 20.1. The molecule has 1 unspecified atom stereocenters. The molecule has 0 saturated carbocycles. The summed E-state index contributed by atoms with van der Waals surface area (Å²) in [4.78, 5) is 0. The SMILES string of the molecule is CCCOc1ccc([C]2CCC(CC)OC2)c(F)c1F. The van der Waals surface area contributed by atoms with E-state index in [0.717, 1.165) is 31.6 Å². The molecule has 20 heavy (non-hydrogen) atoms. The van der Waals surface area contributed by atoms with Crippen LogP contribution in [-0.2, 0) is 4.74 Å². The second-order valence-electron chi connectivity index (χ2n) is 5.07. The van der Waals surface area contributed by atoms with Crippen LogP contribution in [0.3, 0.4) is 0 Å². The van der Waals surface area contributed by atoms with Crippen molar-refractivity contribution >= 4 is 0 Å². The van der Waals surface area contributed by atoms with Crippen LogP contribution in [0.25, 0.3) is 0 Å². The number of ether oxygens (including phenoxy) is 2. The Morgan fingerprint density at radius 3 is 2.65 bits per heavy atom. The van der Waals surface area contributed by atoms with E-state index in [0.29, 0.717) is 18.8 Å². The second-order valence-corrected chi connectivity index (χ2v) is 5.07. The zero-order valence-electron chi connectivity index (χ0n) is 12.0. The van der Waals surface area contributed by atoms with Gasteiger partial charge >= 0.3 is 0 Å². The number of halogens is 2. The summed E-state index contributed by atoms with van der Waals surface area (Å²) in [5.41, 5.74) is 0.320. The molecule has 1 aromatic rings. The molecular weight excluding hydrogens is 262 g/mol. The van der Waals surface area contributed by atoms with E-state index in [1.165, 1.54) is 6.07 Å². The predicted octanol–water partition coefficient (Wildman–Crippen LogP) is 4.27. The lowest BCUT2D eigenvalue weighted by atomic mass is 9.90. The lowest BCUT2D eigenvalue weighted by molar-refractivity contribution is 0.0287. The third-order valence-corrected chi connectivity index (χ3v) is 3.61. The van der Waals surface area contributed by atoms with E-state index in [-0.39, 0.29) is 11.9 Å². The van der Waals surface area contributed by atoms with Crippen molar-refractivity contribution in [2.24, 2.45) is 0 Å². The summed E-state index contributed by atoms with van der Waals surface area (Å²) >= 11 is 0. The maximum atomic E-state index is 14.1. The van der Waals surface area contributed by atoms with Gasteiger partial charge in [0.25, 0.3) is 0 Å². The number of benzene rings is 1. The summed E-state index contributed by atoms with van der Waals surface area (Å²) in [6.45, 7) is 4.75. The average molecular weight is 283 g/mol. The van der Waals surface area contributed by atoms with Gasteiger partial charge in [-0.3, -0.25) is 0 Å². The Labute approximate surface area is 119 Å². The van der Waals surface area contributed by atoms with Crippen LogP contribution in [-0.4, -0.2) is 19.3 Å². The topological polar surface area (TPSA) is 18.5 Å². The molecule has 1 aliphatic heterocycles. The van der Waals surface area contributed by atoms with Crippen LogP contribution in [0.2, 0.25) is 0 Å². The van der Waals surface area contributed by atoms with Crippen LogP contribution in [0.15, 0.2) is 12.1 Å². The van der Waals surface area contributed by atoms with Crippen LogP contribution >= 0.6 is 0 Å². The van der Waals surface area contributed by atoms with E-state index < -0.39 is 11.6 Å². The Kier molecular flexibility index (Phi) is 5.35. The zero-order chi connectivity index (χ0) is 14.5. The fourth-order valence-electron chi connectivity index (χ4n) is 2.37. The highest BCUT2D eigenvalue weighted by Gasteiger charge is 2.27. The summed E-state index contributed by atoms with van der Waals surface area (Å²) < 4.78 is 38.9. The summed E-state index contributed by atoms with van der Waals surface area (Å²) in [6.07, 6.45) is 3.56. The van der Waals surface area contributed by atoms with E-state index in [1.807, 2.05) is 6.92 Å². The lowest BCUT2D eigenvalue weighted by Crippen LogP contribution is -2.25. The molecule has 1 heterocycles. The minimum atomic E-state index is -0.902. The largest absolute Gasteiger partial charge is 0.490 e. The van der Waals surface area contributed by atoms with Gasteiger partial charge < -0.3 is 9.47 Å². The number of hydrogen-bond acceptors (Lipinski definition) is 2.